The summed E-state index contributed by atoms with van der Waals surface area (Å²) in [6.07, 6.45) is 0.510. The zero-order chi connectivity index (χ0) is 13.6. The van der Waals surface area contributed by atoms with Crippen LogP contribution in [-0.4, -0.2) is 42.6 Å². The number of methoxy groups -OCH3 is 1. The predicted octanol–water partition coefficient (Wildman–Crippen LogP) is 1.90. The van der Waals surface area contributed by atoms with Crippen LogP contribution in [0.4, 0.5) is 10.5 Å². The maximum atomic E-state index is 12.3. The fraction of sp³-hybridized carbons (Fsp3) is 0.385. The summed E-state index contributed by atoms with van der Waals surface area (Å²) in [7, 11) is 1.60. The van der Waals surface area contributed by atoms with E-state index in [9.17, 15) is 9.59 Å². The minimum atomic E-state index is -0.395. The average molecular weight is 281 g/mol. The first-order chi connectivity index (χ1) is 9.11. The van der Waals surface area contributed by atoms with E-state index in [1.165, 1.54) is 4.90 Å². The van der Waals surface area contributed by atoms with Gasteiger partial charge in [0, 0.05) is 25.1 Å². The molecule has 0 N–H and O–H groups in total. The lowest BCUT2D eigenvalue weighted by atomic mass is 10.2. The molecule has 0 saturated carbocycles. The van der Waals surface area contributed by atoms with Gasteiger partial charge in [-0.05, 0) is 24.3 Å². The van der Waals surface area contributed by atoms with Crippen LogP contribution in [0.15, 0.2) is 24.3 Å². The van der Waals surface area contributed by atoms with Crippen molar-refractivity contribution in [2.45, 2.75) is 18.6 Å². The van der Waals surface area contributed by atoms with Crippen molar-refractivity contribution >= 4 is 29.2 Å². The second-order valence-corrected chi connectivity index (χ2v) is 5.13. The average Bonchev–Trinajstić information content (AvgIpc) is 2.93. The van der Waals surface area contributed by atoms with Gasteiger partial charge in [0.25, 0.3) is 5.91 Å². The van der Waals surface area contributed by atoms with E-state index in [1.807, 2.05) is 0 Å². The van der Waals surface area contributed by atoms with Crippen LogP contribution in [0.1, 0.15) is 6.42 Å². The van der Waals surface area contributed by atoms with Crippen LogP contribution >= 0.6 is 11.6 Å². The SMILES string of the molecule is COC1CC2C(=O)N(c3ccc(Cl)cc3)C(=O)N2C1. The summed E-state index contributed by atoms with van der Waals surface area (Å²) in [5.41, 5.74) is 0.558. The molecule has 0 aromatic heterocycles. The number of hydrogen-bond donors (Lipinski definition) is 0. The maximum absolute atomic E-state index is 12.3. The summed E-state index contributed by atoms with van der Waals surface area (Å²) in [4.78, 5) is 27.4. The van der Waals surface area contributed by atoms with Gasteiger partial charge in [-0.1, -0.05) is 11.6 Å². The standard InChI is InChI=1S/C13H13ClN2O3/c1-19-10-6-11-12(17)16(13(18)15(11)7-10)9-4-2-8(14)3-5-9/h2-5,10-11H,6-7H2,1H3. The first kappa shape index (κ1) is 12.4. The van der Waals surface area contributed by atoms with Gasteiger partial charge in [0.05, 0.1) is 11.8 Å². The number of carbonyl (C=O) groups excluding carboxylic acids is 2. The molecular formula is C13H13ClN2O3. The van der Waals surface area contributed by atoms with E-state index in [4.69, 9.17) is 16.3 Å². The van der Waals surface area contributed by atoms with Crippen LogP contribution in [0.5, 0.6) is 0 Å². The number of nitrogens with zero attached hydrogens (tertiary/aromatic N) is 2. The summed E-state index contributed by atoms with van der Waals surface area (Å²) in [6.45, 7) is 0.468. The first-order valence-corrected chi connectivity index (χ1v) is 6.42. The van der Waals surface area contributed by atoms with Crippen molar-refractivity contribution in [3.05, 3.63) is 29.3 Å². The lowest BCUT2D eigenvalue weighted by Gasteiger charge is -2.17. The zero-order valence-electron chi connectivity index (χ0n) is 10.4. The molecule has 100 valence electrons. The maximum Gasteiger partial charge on any atom is 0.332 e. The molecule has 5 nitrogen and oxygen atoms in total. The molecule has 0 spiro atoms. The monoisotopic (exact) mass is 280 g/mol. The highest BCUT2D eigenvalue weighted by Crippen LogP contribution is 2.32. The Morgan fingerprint density at radius 1 is 1.26 bits per heavy atom. The molecule has 0 radical (unpaired) electrons. The minimum Gasteiger partial charge on any atom is -0.380 e. The highest BCUT2D eigenvalue weighted by atomic mass is 35.5. The van der Waals surface area contributed by atoms with Gasteiger partial charge in [-0.25, -0.2) is 9.69 Å². The third kappa shape index (κ3) is 1.89. The lowest BCUT2D eigenvalue weighted by Crippen LogP contribution is -2.35. The molecule has 2 saturated heterocycles. The van der Waals surface area contributed by atoms with Crippen LogP contribution in [0.2, 0.25) is 5.02 Å². The number of carbonyl (C=O) groups is 2. The Morgan fingerprint density at radius 3 is 2.53 bits per heavy atom. The Bertz CT molecular complexity index is 507. The number of ether oxygens (including phenoxy) is 1. The fourth-order valence-electron chi connectivity index (χ4n) is 2.61. The highest BCUT2D eigenvalue weighted by Gasteiger charge is 2.51. The summed E-state index contributed by atoms with van der Waals surface area (Å²) in [5.74, 6) is -0.188. The number of hydrogen-bond acceptors (Lipinski definition) is 3. The minimum absolute atomic E-state index is 0.0507. The van der Waals surface area contributed by atoms with E-state index >= 15 is 0 Å². The summed E-state index contributed by atoms with van der Waals surface area (Å²) < 4.78 is 5.22. The number of fused-ring (bicyclic) bond motifs is 1. The largest absolute Gasteiger partial charge is 0.380 e. The van der Waals surface area contributed by atoms with E-state index in [0.29, 0.717) is 23.7 Å². The van der Waals surface area contributed by atoms with Gasteiger partial charge < -0.3 is 9.64 Å². The molecule has 0 bridgehead atoms. The predicted molar refractivity (Wildman–Crippen MR) is 70.2 cm³/mol. The van der Waals surface area contributed by atoms with Crippen molar-refractivity contribution < 1.29 is 14.3 Å². The Balaban J connectivity index is 1.88. The smallest absolute Gasteiger partial charge is 0.332 e. The Morgan fingerprint density at radius 2 is 1.95 bits per heavy atom. The van der Waals surface area contributed by atoms with Crippen LogP contribution in [0.3, 0.4) is 0 Å². The van der Waals surface area contributed by atoms with Crippen molar-refractivity contribution in [1.82, 2.24) is 4.90 Å². The highest BCUT2D eigenvalue weighted by molar-refractivity contribution is 6.30. The van der Waals surface area contributed by atoms with Crippen LogP contribution in [0.25, 0.3) is 0 Å². The number of imide groups is 1. The van der Waals surface area contributed by atoms with Gasteiger partial charge in [-0.3, -0.25) is 4.79 Å². The van der Waals surface area contributed by atoms with Gasteiger partial charge in [-0.2, -0.15) is 0 Å². The van der Waals surface area contributed by atoms with Crippen LogP contribution < -0.4 is 4.90 Å². The van der Waals surface area contributed by atoms with Gasteiger partial charge in [-0.15, -0.1) is 0 Å². The summed E-state index contributed by atoms with van der Waals surface area (Å²) in [6, 6.07) is 6.00. The van der Waals surface area contributed by atoms with Gasteiger partial charge in [0.15, 0.2) is 0 Å². The van der Waals surface area contributed by atoms with Gasteiger partial charge in [0.1, 0.15) is 6.04 Å². The van der Waals surface area contributed by atoms with Crippen molar-refractivity contribution in [2.24, 2.45) is 0 Å². The molecule has 0 aliphatic carbocycles. The first-order valence-electron chi connectivity index (χ1n) is 6.04. The quantitative estimate of drug-likeness (QED) is 0.778. The van der Waals surface area contributed by atoms with Gasteiger partial charge >= 0.3 is 6.03 Å². The number of anilines is 1. The molecule has 2 atom stereocenters. The second-order valence-electron chi connectivity index (χ2n) is 4.69. The van der Waals surface area contributed by atoms with Crippen molar-refractivity contribution in [3.8, 4) is 0 Å². The topological polar surface area (TPSA) is 49.9 Å². The molecule has 3 amide bonds. The Kier molecular flexibility index (Phi) is 2.95. The molecule has 2 heterocycles. The molecule has 19 heavy (non-hydrogen) atoms. The van der Waals surface area contributed by atoms with E-state index in [0.717, 1.165) is 0 Å². The number of halogens is 1. The summed E-state index contributed by atoms with van der Waals surface area (Å²) >= 11 is 5.81. The van der Waals surface area contributed by atoms with Crippen molar-refractivity contribution in [2.75, 3.05) is 18.6 Å². The third-order valence-corrected chi connectivity index (χ3v) is 3.88. The summed E-state index contributed by atoms with van der Waals surface area (Å²) in [5, 5.41) is 0.572. The van der Waals surface area contributed by atoms with Crippen LogP contribution in [0, 0.1) is 0 Å². The molecule has 1 aromatic rings. The molecule has 2 aliphatic heterocycles. The fourth-order valence-corrected chi connectivity index (χ4v) is 2.74. The molecule has 2 aliphatic rings. The zero-order valence-corrected chi connectivity index (χ0v) is 11.1. The number of urea groups is 1. The third-order valence-electron chi connectivity index (χ3n) is 3.62. The van der Waals surface area contributed by atoms with Crippen molar-refractivity contribution in [3.63, 3.8) is 0 Å². The Hall–Kier alpha value is -1.59. The normalized spacial score (nSPS) is 26.2. The molecule has 2 unspecified atom stereocenters. The lowest BCUT2D eigenvalue weighted by molar-refractivity contribution is -0.119. The molecular weight excluding hydrogens is 268 g/mol. The number of benzene rings is 1. The Labute approximate surface area is 115 Å². The van der Waals surface area contributed by atoms with E-state index in [-0.39, 0.29) is 18.0 Å². The number of amides is 3. The number of rotatable bonds is 2. The molecule has 2 fully saturated rings. The second kappa shape index (κ2) is 4.51. The molecule has 6 heteroatoms. The van der Waals surface area contributed by atoms with Crippen LogP contribution in [-0.2, 0) is 9.53 Å². The van der Waals surface area contributed by atoms with Gasteiger partial charge in [0.2, 0.25) is 0 Å². The molecule has 3 rings (SSSR count). The van der Waals surface area contributed by atoms with Crippen molar-refractivity contribution in [1.29, 1.82) is 0 Å². The van der Waals surface area contributed by atoms with E-state index in [1.54, 1.807) is 36.3 Å². The van der Waals surface area contributed by atoms with E-state index < -0.39 is 6.04 Å². The molecule has 1 aromatic carbocycles. The van der Waals surface area contributed by atoms with E-state index in [2.05, 4.69) is 0 Å².